The van der Waals surface area contributed by atoms with Crippen LogP contribution in [0.4, 0.5) is 0 Å². The Balaban J connectivity index is 1.36. The molecule has 6 heteroatoms. The molecule has 34 heavy (non-hydrogen) atoms. The summed E-state index contributed by atoms with van der Waals surface area (Å²) < 4.78 is 7.06. The lowest BCUT2D eigenvalue weighted by molar-refractivity contribution is -0.154. The molecule has 2 aliphatic carbocycles. The third kappa shape index (κ3) is 2.49. The van der Waals surface area contributed by atoms with Gasteiger partial charge in [-0.2, -0.15) is 0 Å². The number of fused-ring (bicyclic) bond motifs is 1. The minimum Gasteiger partial charge on any atom is -0.508 e. The summed E-state index contributed by atoms with van der Waals surface area (Å²) in [6.45, 7) is 5.85. The van der Waals surface area contributed by atoms with Crippen molar-refractivity contribution in [2.24, 2.45) is 5.92 Å². The second kappa shape index (κ2) is 6.62. The number of carbonyl (C=O) groups excluding carboxylic acids is 1. The highest BCUT2D eigenvalue weighted by atomic mass is 16.5. The molecule has 6 nitrogen and oxygen atoms in total. The maximum absolute atomic E-state index is 13.6. The fourth-order valence-electron chi connectivity index (χ4n) is 8.61. The maximum atomic E-state index is 13.6. The van der Waals surface area contributed by atoms with Gasteiger partial charge in [0.15, 0.2) is 0 Å². The number of carbonyl (C=O) groups is 1. The zero-order valence-corrected chi connectivity index (χ0v) is 19.8. The Kier molecular flexibility index (Phi) is 4.08. The Morgan fingerprint density at radius 3 is 2.76 bits per heavy atom. The van der Waals surface area contributed by atoms with Gasteiger partial charge < -0.3 is 19.8 Å². The topological polar surface area (TPSA) is 73.2 Å². The molecule has 4 unspecified atom stereocenters. The van der Waals surface area contributed by atoms with Crippen molar-refractivity contribution in [1.29, 1.82) is 0 Å². The highest BCUT2D eigenvalue weighted by Crippen LogP contribution is 2.72. The number of phenolic OH excluding ortho intramolecular Hbond substituents is 1. The summed E-state index contributed by atoms with van der Waals surface area (Å²) >= 11 is 0. The molecule has 0 radical (unpaired) electrons. The van der Waals surface area contributed by atoms with E-state index in [9.17, 15) is 15.0 Å². The van der Waals surface area contributed by atoms with Gasteiger partial charge in [-0.3, -0.25) is 9.69 Å². The lowest BCUT2D eigenvalue weighted by Gasteiger charge is -2.59. The Labute approximate surface area is 200 Å². The molecule has 3 aliphatic heterocycles. The Morgan fingerprint density at radius 1 is 1.21 bits per heavy atom. The van der Waals surface area contributed by atoms with Crippen molar-refractivity contribution in [2.45, 2.75) is 67.9 Å². The fraction of sp³-hybridized carbons (Fsp3) is 0.536. The van der Waals surface area contributed by atoms with Crippen molar-refractivity contribution in [2.75, 3.05) is 19.6 Å². The van der Waals surface area contributed by atoms with Crippen LogP contribution in [-0.2, 0) is 16.6 Å². The molecule has 4 fully saturated rings. The first kappa shape index (κ1) is 20.9. The normalized spacial score (nSPS) is 37.6. The first-order valence-corrected chi connectivity index (χ1v) is 12.6. The van der Waals surface area contributed by atoms with Gasteiger partial charge in [0, 0.05) is 42.1 Å². The molecule has 2 N–H and O–H groups in total. The van der Waals surface area contributed by atoms with Crippen molar-refractivity contribution < 1.29 is 19.7 Å². The van der Waals surface area contributed by atoms with Crippen LogP contribution in [0.25, 0.3) is 0 Å². The smallest absolute Gasteiger partial charge is 0.254 e. The van der Waals surface area contributed by atoms with E-state index in [0.717, 1.165) is 31.4 Å². The number of rotatable bonds is 3. The fourth-order valence-corrected chi connectivity index (χ4v) is 8.61. The summed E-state index contributed by atoms with van der Waals surface area (Å²) in [4.78, 5) is 18.1. The average molecular weight is 461 g/mol. The lowest BCUT2D eigenvalue weighted by atomic mass is 9.54. The molecule has 2 aromatic carbocycles. The van der Waals surface area contributed by atoms with Crippen molar-refractivity contribution in [3.8, 4) is 5.75 Å². The molecule has 4 bridgehead atoms. The van der Waals surface area contributed by atoms with Crippen molar-refractivity contribution in [3.05, 3.63) is 65.2 Å². The minimum absolute atomic E-state index is 0.00398. The standard InChI is InChI=1S/C28H32N2O4/c1-26(2,33)16-29-11-10-27-20-13-19(31)9-8-18(20)12-23(29)28(27)14-21-24(27)22(34-28)15-30(21)25(32)17-6-4-3-5-7-17/h3-9,13,21-24,31,33H,10-12,14-16H2,1-2H3/t21-,22-,23?,24?,27?,28?/m1/s1. The third-order valence-corrected chi connectivity index (χ3v) is 9.42. The molecule has 0 spiro atoms. The number of hydrogen-bond acceptors (Lipinski definition) is 5. The molecule has 5 aliphatic rings. The van der Waals surface area contributed by atoms with Crippen LogP contribution >= 0.6 is 0 Å². The van der Waals surface area contributed by atoms with Crippen molar-refractivity contribution in [1.82, 2.24) is 9.80 Å². The van der Waals surface area contributed by atoms with Gasteiger partial charge in [-0.15, -0.1) is 0 Å². The molecule has 3 heterocycles. The van der Waals surface area contributed by atoms with Gasteiger partial charge in [-0.1, -0.05) is 24.3 Å². The molecule has 1 saturated carbocycles. The highest BCUT2D eigenvalue weighted by Gasteiger charge is 2.81. The maximum Gasteiger partial charge on any atom is 0.254 e. The number of nitrogens with zero attached hydrogens (tertiary/aromatic N) is 2. The van der Waals surface area contributed by atoms with E-state index < -0.39 is 11.2 Å². The van der Waals surface area contributed by atoms with Crippen LogP contribution in [-0.4, -0.2) is 74.9 Å². The molecule has 2 aromatic rings. The van der Waals surface area contributed by atoms with Gasteiger partial charge in [0.25, 0.3) is 5.91 Å². The van der Waals surface area contributed by atoms with Crippen LogP contribution in [0, 0.1) is 5.92 Å². The van der Waals surface area contributed by atoms with Gasteiger partial charge in [-0.05, 0) is 75.0 Å². The monoisotopic (exact) mass is 460 g/mol. The number of aromatic hydroxyl groups is 1. The summed E-state index contributed by atoms with van der Waals surface area (Å²) in [6.07, 6.45) is 2.58. The van der Waals surface area contributed by atoms with Gasteiger partial charge in [-0.25, -0.2) is 0 Å². The van der Waals surface area contributed by atoms with E-state index in [1.807, 2.05) is 50.2 Å². The Bertz CT molecular complexity index is 1180. The number of benzene rings is 2. The second-order valence-corrected chi connectivity index (χ2v) is 11.7. The molecule has 3 saturated heterocycles. The van der Waals surface area contributed by atoms with E-state index >= 15 is 0 Å². The van der Waals surface area contributed by atoms with Gasteiger partial charge in [0.1, 0.15) is 5.75 Å². The molecule has 178 valence electrons. The lowest BCUT2D eigenvalue weighted by Crippen LogP contribution is -2.69. The van der Waals surface area contributed by atoms with Crippen molar-refractivity contribution in [3.63, 3.8) is 0 Å². The second-order valence-electron chi connectivity index (χ2n) is 11.7. The number of likely N-dealkylation sites (tertiary alicyclic amines) is 2. The Morgan fingerprint density at radius 2 is 2.00 bits per heavy atom. The van der Waals surface area contributed by atoms with Crippen LogP contribution in [0.15, 0.2) is 48.5 Å². The summed E-state index contributed by atoms with van der Waals surface area (Å²) in [6, 6.07) is 15.7. The van der Waals surface area contributed by atoms with Crippen LogP contribution in [0.1, 0.15) is 48.2 Å². The van der Waals surface area contributed by atoms with Gasteiger partial charge in [0.2, 0.25) is 0 Å². The van der Waals surface area contributed by atoms with Gasteiger partial charge in [0.05, 0.1) is 17.3 Å². The Hall–Kier alpha value is -2.41. The number of ether oxygens (including phenoxy) is 1. The SMILES string of the molecule is CC(C)(O)CN1CCC23c4cc(O)ccc4CC1C21C[C@@H]2C3[C@@H](CN2C(=O)c2ccccc2)O1. The van der Waals surface area contributed by atoms with Crippen LogP contribution in [0.3, 0.4) is 0 Å². The summed E-state index contributed by atoms with van der Waals surface area (Å²) in [5.41, 5.74) is 1.84. The molecule has 1 amide bonds. The van der Waals surface area contributed by atoms with E-state index in [1.165, 1.54) is 11.1 Å². The first-order valence-electron chi connectivity index (χ1n) is 12.6. The molecular weight excluding hydrogens is 428 g/mol. The van der Waals surface area contributed by atoms with Crippen LogP contribution in [0.5, 0.6) is 5.75 Å². The van der Waals surface area contributed by atoms with Crippen molar-refractivity contribution >= 4 is 5.91 Å². The minimum atomic E-state index is -0.795. The molecule has 6 atom stereocenters. The number of β-amino-alcohol motifs (C(OH)–C–C–N with tert-alkyl or cyclic N) is 1. The number of hydrogen-bond donors (Lipinski definition) is 2. The quantitative estimate of drug-likeness (QED) is 0.737. The van der Waals surface area contributed by atoms with E-state index in [4.69, 9.17) is 4.74 Å². The highest BCUT2D eigenvalue weighted by molar-refractivity contribution is 5.95. The predicted octanol–water partition coefficient (Wildman–Crippen LogP) is 2.71. The number of aliphatic hydroxyl groups is 1. The van der Waals surface area contributed by atoms with E-state index in [0.29, 0.717) is 18.8 Å². The molecule has 0 aromatic heterocycles. The number of phenols is 1. The summed E-state index contributed by atoms with van der Waals surface area (Å²) in [7, 11) is 0. The largest absolute Gasteiger partial charge is 0.508 e. The van der Waals surface area contributed by atoms with E-state index in [1.54, 1.807) is 6.07 Å². The zero-order valence-electron chi connectivity index (χ0n) is 19.8. The van der Waals surface area contributed by atoms with E-state index in [-0.39, 0.29) is 35.4 Å². The molecular formula is C28H32N2O4. The zero-order chi connectivity index (χ0) is 23.5. The third-order valence-electron chi connectivity index (χ3n) is 9.42. The average Bonchev–Trinajstić information content (AvgIpc) is 3.35. The molecule has 7 rings (SSSR count). The summed E-state index contributed by atoms with van der Waals surface area (Å²) in [5, 5.41) is 21.2. The van der Waals surface area contributed by atoms with Crippen LogP contribution < -0.4 is 0 Å². The summed E-state index contributed by atoms with van der Waals surface area (Å²) in [5.74, 6) is 0.622. The van der Waals surface area contributed by atoms with Crippen LogP contribution in [0.2, 0.25) is 0 Å². The first-order chi connectivity index (χ1) is 16.2. The van der Waals surface area contributed by atoms with Gasteiger partial charge >= 0.3 is 0 Å². The number of amides is 1. The number of piperidine rings is 1. The van der Waals surface area contributed by atoms with E-state index in [2.05, 4.69) is 15.9 Å². The predicted molar refractivity (Wildman–Crippen MR) is 127 cm³/mol.